The van der Waals surface area contributed by atoms with Gasteiger partial charge >= 0.3 is 0 Å². The van der Waals surface area contributed by atoms with Gasteiger partial charge in [-0.2, -0.15) is 0 Å². The zero-order valence-electron chi connectivity index (χ0n) is 10.7. The molecule has 1 N–H and O–H groups in total. The number of hydrogen-bond acceptors (Lipinski definition) is 3. The third-order valence-corrected chi connectivity index (χ3v) is 2.57. The van der Waals surface area contributed by atoms with Crippen LogP contribution in [0.2, 0.25) is 0 Å². The van der Waals surface area contributed by atoms with Crippen molar-refractivity contribution in [1.82, 2.24) is 20.3 Å². The van der Waals surface area contributed by atoms with Gasteiger partial charge < -0.3 is 5.32 Å². The minimum Gasteiger partial charge on any atom is -0.311 e. The van der Waals surface area contributed by atoms with Crippen LogP contribution in [-0.2, 0) is 6.54 Å². The highest BCUT2D eigenvalue weighted by molar-refractivity contribution is 5.35. The number of hydrogen-bond donors (Lipinski definition) is 1. The largest absolute Gasteiger partial charge is 0.311 e. The summed E-state index contributed by atoms with van der Waals surface area (Å²) in [6.07, 6.45) is 2.90. The molecule has 0 aliphatic carbocycles. The Hall–Kier alpha value is -1.75. The predicted octanol–water partition coefficient (Wildman–Crippen LogP) is 2.21. The third-order valence-electron chi connectivity index (χ3n) is 2.57. The molecule has 5 heteroatoms. The Labute approximate surface area is 106 Å². The number of nitrogens with one attached hydrogen (secondary N) is 1. The monoisotopic (exact) mass is 248 g/mol. The summed E-state index contributed by atoms with van der Waals surface area (Å²) < 4.78 is 14.9. The summed E-state index contributed by atoms with van der Waals surface area (Å²) in [5.41, 5.74) is 2.42. The summed E-state index contributed by atoms with van der Waals surface area (Å²) >= 11 is 0. The fourth-order valence-electron chi connectivity index (χ4n) is 1.75. The van der Waals surface area contributed by atoms with Crippen molar-refractivity contribution in [2.24, 2.45) is 0 Å². The summed E-state index contributed by atoms with van der Waals surface area (Å²) in [4.78, 5) is 0. The molecule has 0 spiro atoms. The minimum atomic E-state index is -0.258. The van der Waals surface area contributed by atoms with Gasteiger partial charge in [0.1, 0.15) is 5.82 Å². The predicted molar refractivity (Wildman–Crippen MR) is 68.1 cm³/mol. The lowest BCUT2D eigenvalue weighted by Crippen LogP contribution is -2.13. The third kappa shape index (κ3) is 3.13. The molecule has 0 amide bonds. The van der Waals surface area contributed by atoms with Crippen molar-refractivity contribution in [3.8, 4) is 5.69 Å². The maximum atomic E-state index is 13.3. The lowest BCUT2D eigenvalue weighted by Gasteiger charge is -2.02. The maximum absolute atomic E-state index is 13.3. The van der Waals surface area contributed by atoms with Crippen LogP contribution in [-0.4, -0.2) is 21.5 Å². The molecule has 0 fully saturated rings. The van der Waals surface area contributed by atoms with Gasteiger partial charge in [-0.15, -0.1) is 5.10 Å². The molecule has 0 aliphatic rings. The van der Waals surface area contributed by atoms with Crippen molar-refractivity contribution in [2.45, 2.75) is 26.8 Å². The second kappa shape index (κ2) is 5.73. The van der Waals surface area contributed by atoms with E-state index in [0.29, 0.717) is 12.2 Å². The summed E-state index contributed by atoms with van der Waals surface area (Å²) in [6, 6.07) is 4.82. The molecule has 0 aliphatic heterocycles. The van der Waals surface area contributed by atoms with Crippen LogP contribution in [0.1, 0.15) is 24.6 Å². The number of aromatic nitrogens is 3. The van der Waals surface area contributed by atoms with E-state index in [-0.39, 0.29) is 5.82 Å². The smallest absolute Gasteiger partial charge is 0.125 e. The van der Waals surface area contributed by atoms with Crippen LogP contribution in [0, 0.1) is 12.7 Å². The second-order valence-electron chi connectivity index (χ2n) is 4.32. The van der Waals surface area contributed by atoms with Crippen molar-refractivity contribution in [2.75, 3.05) is 6.54 Å². The molecule has 1 aromatic heterocycles. The normalized spacial score (nSPS) is 10.8. The molecule has 0 saturated carbocycles. The highest BCUT2D eigenvalue weighted by Gasteiger charge is 2.04. The van der Waals surface area contributed by atoms with Crippen molar-refractivity contribution in [3.63, 3.8) is 0 Å². The Morgan fingerprint density at radius 3 is 2.89 bits per heavy atom. The molecule has 0 radical (unpaired) electrons. The summed E-state index contributed by atoms with van der Waals surface area (Å²) in [5, 5.41) is 11.3. The van der Waals surface area contributed by atoms with Crippen LogP contribution in [0.3, 0.4) is 0 Å². The summed E-state index contributed by atoms with van der Waals surface area (Å²) in [6.45, 7) is 5.60. The van der Waals surface area contributed by atoms with E-state index >= 15 is 0 Å². The van der Waals surface area contributed by atoms with Crippen molar-refractivity contribution in [1.29, 1.82) is 0 Å². The van der Waals surface area contributed by atoms with Gasteiger partial charge in [0, 0.05) is 6.54 Å². The van der Waals surface area contributed by atoms with E-state index in [9.17, 15) is 4.39 Å². The number of rotatable bonds is 5. The van der Waals surface area contributed by atoms with E-state index in [1.807, 2.05) is 19.2 Å². The molecule has 1 heterocycles. The summed E-state index contributed by atoms with van der Waals surface area (Å²) in [5.74, 6) is -0.258. The first-order chi connectivity index (χ1) is 8.69. The fourth-order valence-corrected chi connectivity index (χ4v) is 1.75. The molecule has 4 nitrogen and oxygen atoms in total. The maximum Gasteiger partial charge on any atom is 0.125 e. The zero-order valence-corrected chi connectivity index (χ0v) is 10.7. The number of aryl methyl sites for hydroxylation is 1. The Morgan fingerprint density at radius 2 is 2.17 bits per heavy atom. The molecule has 0 bridgehead atoms. The number of nitrogens with zero attached hydrogens (tertiary/aromatic N) is 3. The quantitative estimate of drug-likeness (QED) is 0.825. The molecule has 1 aromatic carbocycles. The first kappa shape index (κ1) is 12.7. The van der Waals surface area contributed by atoms with Crippen molar-refractivity contribution >= 4 is 0 Å². The molecule has 2 rings (SSSR count). The van der Waals surface area contributed by atoms with Gasteiger partial charge in [-0.1, -0.05) is 12.1 Å². The van der Waals surface area contributed by atoms with Crippen LogP contribution in [0.4, 0.5) is 4.39 Å². The highest BCUT2D eigenvalue weighted by atomic mass is 19.1. The van der Waals surface area contributed by atoms with Gasteiger partial charge in [-0.25, -0.2) is 9.07 Å². The molecule has 96 valence electrons. The average Bonchev–Trinajstić information content (AvgIpc) is 2.77. The van der Waals surface area contributed by atoms with E-state index < -0.39 is 0 Å². The Bertz CT molecular complexity index is 501. The van der Waals surface area contributed by atoms with Crippen LogP contribution in [0.25, 0.3) is 5.69 Å². The lowest BCUT2D eigenvalue weighted by molar-refractivity contribution is 0.623. The molecule has 18 heavy (non-hydrogen) atoms. The van der Waals surface area contributed by atoms with E-state index in [0.717, 1.165) is 24.2 Å². The Morgan fingerprint density at radius 1 is 1.33 bits per heavy atom. The van der Waals surface area contributed by atoms with Crippen molar-refractivity contribution < 1.29 is 4.39 Å². The van der Waals surface area contributed by atoms with Gasteiger partial charge in [0.25, 0.3) is 0 Å². The van der Waals surface area contributed by atoms with Crippen LogP contribution in [0.5, 0.6) is 0 Å². The van der Waals surface area contributed by atoms with Gasteiger partial charge in [-0.3, -0.25) is 0 Å². The van der Waals surface area contributed by atoms with Crippen molar-refractivity contribution in [3.05, 3.63) is 41.5 Å². The van der Waals surface area contributed by atoms with E-state index in [2.05, 4.69) is 22.6 Å². The van der Waals surface area contributed by atoms with E-state index in [4.69, 9.17) is 0 Å². The van der Waals surface area contributed by atoms with Crippen LogP contribution < -0.4 is 5.32 Å². The van der Waals surface area contributed by atoms with Gasteiger partial charge in [0.05, 0.1) is 17.6 Å². The molecule has 2 aromatic rings. The summed E-state index contributed by atoms with van der Waals surface area (Å²) in [7, 11) is 0. The highest BCUT2D eigenvalue weighted by Crippen LogP contribution is 2.12. The Kier molecular flexibility index (Phi) is 4.04. The topological polar surface area (TPSA) is 42.7 Å². The minimum absolute atomic E-state index is 0.258. The first-order valence-corrected chi connectivity index (χ1v) is 6.08. The number of halogens is 1. The fraction of sp³-hybridized carbons (Fsp3) is 0.385. The van der Waals surface area contributed by atoms with Crippen LogP contribution in [0.15, 0.2) is 24.4 Å². The number of benzene rings is 1. The van der Waals surface area contributed by atoms with Gasteiger partial charge in [0.2, 0.25) is 0 Å². The van der Waals surface area contributed by atoms with Gasteiger partial charge in [0.15, 0.2) is 0 Å². The zero-order chi connectivity index (χ0) is 13.0. The van der Waals surface area contributed by atoms with E-state index in [1.54, 1.807) is 4.68 Å². The molecular formula is C13H17FN4. The second-order valence-corrected chi connectivity index (χ2v) is 4.32. The van der Waals surface area contributed by atoms with Crippen LogP contribution >= 0.6 is 0 Å². The van der Waals surface area contributed by atoms with E-state index in [1.165, 1.54) is 12.1 Å². The molecule has 0 unspecified atom stereocenters. The molecular weight excluding hydrogens is 231 g/mol. The molecule has 0 atom stereocenters. The Balaban J connectivity index is 2.13. The van der Waals surface area contributed by atoms with Gasteiger partial charge in [-0.05, 0) is 43.7 Å². The SMILES string of the molecule is CCCNCc1cn(-c2cc(C)cc(F)c2)nn1. The first-order valence-electron chi connectivity index (χ1n) is 6.08. The molecule has 0 saturated heterocycles. The lowest BCUT2D eigenvalue weighted by atomic mass is 10.2. The average molecular weight is 248 g/mol. The standard InChI is InChI=1S/C13H17FN4/c1-3-4-15-8-12-9-18(17-16-12)13-6-10(2)5-11(14)7-13/h5-7,9,15H,3-4,8H2,1-2H3.